The fourth-order valence-electron chi connectivity index (χ4n) is 3.76. The summed E-state index contributed by atoms with van der Waals surface area (Å²) < 4.78 is 11.5. The van der Waals surface area contributed by atoms with Gasteiger partial charge in [0.25, 0.3) is 0 Å². The van der Waals surface area contributed by atoms with E-state index in [2.05, 4.69) is 13.8 Å². The predicted octanol–water partition coefficient (Wildman–Crippen LogP) is 3.36. The maximum atomic E-state index is 12.6. The maximum Gasteiger partial charge on any atom is 0.165 e. The Hall–Kier alpha value is -0.410. The van der Waals surface area contributed by atoms with E-state index in [-0.39, 0.29) is 23.5 Å². The average molecular weight is 268 g/mol. The van der Waals surface area contributed by atoms with Crippen molar-refractivity contribution in [1.82, 2.24) is 0 Å². The minimum Gasteiger partial charge on any atom is -0.375 e. The van der Waals surface area contributed by atoms with Crippen LogP contribution in [0.2, 0.25) is 0 Å². The molecular weight excluding hydrogens is 240 g/mol. The molecule has 1 spiro atoms. The number of ketones is 1. The molecule has 0 aromatic heterocycles. The molecule has 1 aliphatic heterocycles. The second-order valence-corrected chi connectivity index (χ2v) is 6.58. The minimum atomic E-state index is -0.247. The monoisotopic (exact) mass is 268 g/mol. The van der Waals surface area contributed by atoms with Gasteiger partial charge in [-0.3, -0.25) is 4.79 Å². The molecule has 2 rings (SSSR count). The largest absolute Gasteiger partial charge is 0.375 e. The van der Waals surface area contributed by atoms with Gasteiger partial charge >= 0.3 is 0 Å². The van der Waals surface area contributed by atoms with E-state index < -0.39 is 0 Å². The summed E-state index contributed by atoms with van der Waals surface area (Å²) in [6, 6.07) is 0. The predicted molar refractivity (Wildman–Crippen MR) is 75.1 cm³/mol. The lowest BCUT2D eigenvalue weighted by atomic mass is 9.74. The van der Waals surface area contributed by atoms with Crippen molar-refractivity contribution >= 4 is 5.78 Å². The van der Waals surface area contributed by atoms with Crippen LogP contribution in [0.3, 0.4) is 0 Å². The van der Waals surface area contributed by atoms with E-state index >= 15 is 0 Å². The van der Waals surface area contributed by atoms with Crippen molar-refractivity contribution in [2.24, 2.45) is 11.8 Å². The molecule has 0 amide bonds. The number of hydrogen-bond acceptors (Lipinski definition) is 3. The zero-order chi connectivity index (χ0) is 13.9. The van der Waals surface area contributed by atoms with Crippen LogP contribution in [0.25, 0.3) is 0 Å². The normalized spacial score (nSPS) is 28.5. The van der Waals surface area contributed by atoms with Crippen molar-refractivity contribution in [1.29, 1.82) is 0 Å². The summed E-state index contributed by atoms with van der Waals surface area (Å²) in [6.45, 7) is 4.86. The van der Waals surface area contributed by atoms with Gasteiger partial charge in [0.15, 0.2) is 5.78 Å². The molecule has 2 unspecified atom stereocenters. The van der Waals surface area contributed by atoms with Crippen LogP contribution in [0, 0.1) is 11.8 Å². The van der Waals surface area contributed by atoms with Gasteiger partial charge in [0.05, 0.1) is 5.60 Å². The molecule has 1 saturated heterocycles. The van der Waals surface area contributed by atoms with Gasteiger partial charge in [-0.05, 0) is 31.6 Å². The summed E-state index contributed by atoms with van der Waals surface area (Å²) in [5, 5.41) is 0. The van der Waals surface area contributed by atoms with Crippen molar-refractivity contribution in [3.05, 3.63) is 0 Å². The Balaban J connectivity index is 2.02. The molecule has 0 radical (unpaired) electrons. The molecule has 0 aromatic rings. The quantitative estimate of drug-likeness (QED) is 0.784. The van der Waals surface area contributed by atoms with Crippen LogP contribution in [0.4, 0.5) is 0 Å². The van der Waals surface area contributed by atoms with E-state index in [9.17, 15) is 4.79 Å². The highest BCUT2D eigenvalue weighted by Gasteiger charge is 2.42. The SMILES string of the molecule is COC(C(=O)C1CCOC2(CCCCC2)C1)C(C)C. The van der Waals surface area contributed by atoms with E-state index in [0.717, 1.165) is 32.3 Å². The van der Waals surface area contributed by atoms with Gasteiger partial charge in [-0.1, -0.05) is 33.1 Å². The highest BCUT2D eigenvalue weighted by Crippen LogP contribution is 2.41. The molecule has 0 N–H and O–H groups in total. The summed E-state index contributed by atoms with van der Waals surface area (Å²) in [5.41, 5.74) is 0.00605. The van der Waals surface area contributed by atoms with Crippen LogP contribution in [0.1, 0.15) is 58.8 Å². The first-order valence-electron chi connectivity index (χ1n) is 7.78. The smallest absolute Gasteiger partial charge is 0.165 e. The lowest BCUT2D eigenvalue weighted by molar-refractivity contribution is -0.152. The molecule has 1 heterocycles. The molecule has 2 aliphatic rings. The zero-order valence-corrected chi connectivity index (χ0v) is 12.6. The number of carbonyl (C=O) groups excluding carboxylic acids is 1. The third-order valence-corrected chi connectivity index (χ3v) is 4.80. The van der Waals surface area contributed by atoms with Gasteiger partial charge in [-0.25, -0.2) is 0 Å². The Morgan fingerprint density at radius 2 is 1.95 bits per heavy atom. The summed E-state index contributed by atoms with van der Waals surface area (Å²) in [4.78, 5) is 12.6. The molecule has 1 saturated carbocycles. The van der Waals surface area contributed by atoms with Crippen molar-refractivity contribution in [3.63, 3.8) is 0 Å². The molecule has 0 bridgehead atoms. The molecule has 19 heavy (non-hydrogen) atoms. The van der Waals surface area contributed by atoms with Gasteiger partial charge in [-0.2, -0.15) is 0 Å². The highest BCUT2D eigenvalue weighted by atomic mass is 16.5. The topological polar surface area (TPSA) is 35.5 Å². The van der Waals surface area contributed by atoms with Crippen LogP contribution in [-0.4, -0.2) is 31.2 Å². The second-order valence-electron chi connectivity index (χ2n) is 6.58. The Bertz CT molecular complexity index is 300. The molecule has 110 valence electrons. The number of hydrogen-bond donors (Lipinski definition) is 0. The fourth-order valence-corrected chi connectivity index (χ4v) is 3.76. The van der Waals surface area contributed by atoms with Crippen LogP contribution < -0.4 is 0 Å². The van der Waals surface area contributed by atoms with Crippen LogP contribution in [0.15, 0.2) is 0 Å². The van der Waals surface area contributed by atoms with Crippen LogP contribution >= 0.6 is 0 Å². The number of carbonyl (C=O) groups is 1. The fraction of sp³-hybridized carbons (Fsp3) is 0.938. The van der Waals surface area contributed by atoms with E-state index in [0.29, 0.717) is 5.78 Å². The first-order chi connectivity index (χ1) is 9.08. The molecule has 2 fully saturated rings. The Morgan fingerprint density at radius 1 is 1.26 bits per heavy atom. The van der Waals surface area contributed by atoms with Gasteiger partial charge in [-0.15, -0.1) is 0 Å². The number of methoxy groups -OCH3 is 1. The lowest BCUT2D eigenvalue weighted by Gasteiger charge is -2.43. The van der Waals surface area contributed by atoms with Crippen molar-refractivity contribution in [2.75, 3.05) is 13.7 Å². The average Bonchev–Trinajstić information content (AvgIpc) is 2.40. The van der Waals surface area contributed by atoms with Gasteiger partial charge < -0.3 is 9.47 Å². The van der Waals surface area contributed by atoms with Gasteiger partial charge in [0, 0.05) is 19.6 Å². The summed E-state index contributed by atoms with van der Waals surface area (Å²) in [7, 11) is 1.65. The minimum absolute atomic E-state index is 0.00605. The first kappa shape index (κ1) is 15.0. The Morgan fingerprint density at radius 3 is 2.53 bits per heavy atom. The third-order valence-electron chi connectivity index (χ3n) is 4.80. The molecule has 3 nitrogen and oxygen atoms in total. The number of ether oxygens (including phenoxy) is 2. The Labute approximate surface area is 117 Å². The molecule has 1 aliphatic carbocycles. The molecular formula is C16H28O3. The van der Waals surface area contributed by atoms with Crippen LogP contribution in [-0.2, 0) is 14.3 Å². The van der Waals surface area contributed by atoms with Gasteiger partial charge in [0.2, 0.25) is 0 Å². The second kappa shape index (κ2) is 6.36. The first-order valence-corrected chi connectivity index (χ1v) is 7.78. The van der Waals surface area contributed by atoms with E-state index in [1.54, 1.807) is 7.11 Å². The van der Waals surface area contributed by atoms with E-state index in [1.165, 1.54) is 19.3 Å². The van der Waals surface area contributed by atoms with Crippen molar-refractivity contribution in [3.8, 4) is 0 Å². The van der Waals surface area contributed by atoms with Crippen LogP contribution in [0.5, 0.6) is 0 Å². The summed E-state index contributed by atoms with van der Waals surface area (Å²) in [5.74, 6) is 0.688. The zero-order valence-electron chi connectivity index (χ0n) is 12.6. The van der Waals surface area contributed by atoms with E-state index in [4.69, 9.17) is 9.47 Å². The number of rotatable bonds is 4. The molecule has 2 atom stereocenters. The van der Waals surface area contributed by atoms with E-state index in [1.807, 2.05) is 0 Å². The standard InChI is InChI=1S/C16H28O3/c1-12(2)15(18-3)14(17)13-7-10-19-16(11-13)8-5-4-6-9-16/h12-13,15H,4-11H2,1-3H3. The summed E-state index contributed by atoms with van der Waals surface area (Å²) in [6.07, 6.45) is 7.62. The third kappa shape index (κ3) is 3.38. The Kier molecular flexibility index (Phi) is 5.02. The highest BCUT2D eigenvalue weighted by molar-refractivity contribution is 5.85. The molecule has 0 aromatic carbocycles. The van der Waals surface area contributed by atoms with Crippen molar-refractivity contribution in [2.45, 2.75) is 70.5 Å². The number of Topliss-reactive ketones (excluding diaryl/α,β-unsaturated/α-hetero) is 1. The van der Waals surface area contributed by atoms with Gasteiger partial charge in [0.1, 0.15) is 6.10 Å². The maximum absolute atomic E-state index is 12.6. The van der Waals surface area contributed by atoms with Crippen molar-refractivity contribution < 1.29 is 14.3 Å². The summed E-state index contributed by atoms with van der Waals surface area (Å²) >= 11 is 0. The molecule has 3 heteroatoms. The lowest BCUT2D eigenvalue weighted by Crippen LogP contribution is -2.46.